The third-order valence-electron chi connectivity index (χ3n) is 15.7. The van der Waals surface area contributed by atoms with Gasteiger partial charge < -0.3 is 58.2 Å². The molecule has 5 atom stereocenters. The fraction of sp³-hybridized carbons (Fsp3) is 0.754. The fourth-order valence-electron chi connectivity index (χ4n) is 10.4. The monoisotopic (exact) mass is 1310 g/mol. The molecule has 4 amide bonds. The number of carbonyl (C=O) groups excluding carboxylic acids is 8. The second kappa shape index (κ2) is 50.7. The van der Waals surface area contributed by atoms with E-state index in [-0.39, 0.29) is 142 Å². The van der Waals surface area contributed by atoms with Gasteiger partial charge >= 0.3 is 5.97 Å². The zero-order chi connectivity index (χ0) is 67.8. The summed E-state index contributed by atoms with van der Waals surface area (Å²) >= 11 is 0. The number of carboxylic acid groups (broad SMARTS) is 1. The van der Waals surface area contributed by atoms with E-state index in [1.165, 1.54) is 12.1 Å². The second-order valence-electron chi connectivity index (χ2n) is 24.6. The Kier molecular flexibility index (Phi) is 46.4. The molecule has 0 aliphatic carbocycles. The van der Waals surface area contributed by atoms with Crippen LogP contribution in [0.5, 0.6) is 5.75 Å². The summed E-state index contributed by atoms with van der Waals surface area (Å²) < 4.78 is 41.2. The first-order chi connectivity index (χ1) is 43.3. The van der Waals surface area contributed by atoms with Crippen molar-refractivity contribution in [2.75, 3.05) is 65.4 Å². The van der Waals surface area contributed by atoms with Gasteiger partial charge in [0.25, 0.3) is 10.1 Å². The summed E-state index contributed by atoms with van der Waals surface area (Å²) in [5.74, 6) is -4.34. The average Bonchev–Trinajstić information content (AvgIpc) is 1.34. The third-order valence-corrected chi connectivity index (χ3v) is 16.5. The number of aromatic hydroxyl groups is 1. The lowest BCUT2D eigenvalue weighted by atomic mass is 9.89. The van der Waals surface area contributed by atoms with Gasteiger partial charge in [0.2, 0.25) is 23.6 Å². The fourth-order valence-corrected chi connectivity index (χ4v) is 11.0. The van der Waals surface area contributed by atoms with Crippen molar-refractivity contribution in [3.05, 3.63) is 29.8 Å². The van der Waals surface area contributed by atoms with Crippen molar-refractivity contribution < 1.29 is 75.8 Å². The highest BCUT2D eigenvalue weighted by molar-refractivity contribution is 7.85. The molecule has 0 radical (unpaired) electrons. The number of nitrogens with one attached hydrogen (secondary N) is 5. The van der Waals surface area contributed by atoms with Gasteiger partial charge in [-0.15, -0.1) is 0 Å². The quantitative estimate of drug-likeness (QED) is 0.0156. The molecule has 0 saturated carbocycles. The largest absolute Gasteiger partial charge is 0.508 e. The molecule has 26 heteroatoms. The van der Waals surface area contributed by atoms with Crippen LogP contribution in [0.3, 0.4) is 0 Å². The summed E-state index contributed by atoms with van der Waals surface area (Å²) in [7, 11) is -2.20. The zero-order valence-electron chi connectivity index (χ0n) is 54.8. The number of aliphatic carboxylic acids is 1. The number of unbranched alkanes of at least 4 members (excludes halogenated alkanes) is 16. The summed E-state index contributed by atoms with van der Waals surface area (Å²) in [5, 5.41) is 38.1. The molecule has 0 aliphatic heterocycles. The Labute approximate surface area is 541 Å². The van der Waals surface area contributed by atoms with Crippen LogP contribution in [0.1, 0.15) is 212 Å². The summed E-state index contributed by atoms with van der Waals surface area (Å²) in [6, 6.07) is 2.88. The van der Waals surface area contributed by atoms with Crippen LogP contribution in [0, 0.1) is 17.2 Å². The van der Waals surface area contributed by atoms with Crippen LogP contribution < -0.4 is 38.5 Å². The van der Waals surface area contributed by atoms with E-state index in [2.05, 4.69) is 21.3 Å². The Morgan fingerprint density at radius 3 is 1.79 bits per heavy atom. The number of amidine groups is 1. The number of Topliss-reactive ketones (excluding diaryl/α,β-unsaturated/α-hetero) is 4. The number of phenols is 1. The van der Waals surface area contributed by atoms with Gasteiger partial charge in [-0.1, -0.05) is 116 Å². The number of nitrogens with two attached hydrogens (primary N) is 3. The number of phenolic OH excluding ortho intramolecular Hbond substituents is 1. The molecule has 0 heterocycles. The average molecular weight is 1310 g/mol. The van der Waals surface area contributed by atoms with E-state index >= 15 is 0 Å². The summed E-state index contributed by atoms with van der Waals surface area (Å²) in [5.41, 5.74) is 18.2. The van der Waals surface area contributed by atoms with Crippen molar-refractivity contribution >= 4 is 68.7 Å². The highest BCUT2D eigenvalue weighted by atomic mass is 32.2. The third kappa shape index (κ3) is 46.0. The van der Waals surface area contributed by atoms with Gasteiger partial charge in [-0.3, -0.25) is 53.2 Å². The molecule has 1 aromatic rings. The number of benzene rings is 1. The van der Waals surface area contributed by atoms with Gasteiger partial charge in [0.05, 0.1) is 62.6 Å². The first kappa shape index (κ1) is 83.2. The number of rotatable bonds is 61. The number of amides is 4. The lowest BCUT2D eigenvalue weighted by Gasteiger charge is -2.29. The van der Waals surface area contributed by atoms with Crippen LogP contribution in [0.25, 0.3) is 0 Å². The van der Waals surface area contributed by atoms with Gasteiger partial charge in [-0.25, -0.2) is 4.79 Å². The van der Waals surface area contributed by atoms with Crippen LogP contribution in [0.4, 0.5) is 0 Å². The number of carbonyl (C=O) groups is 9. The SMILES string of the molecule is CC(C)CC(=O)CN[C@@H](CCCCNC(=O)[C@@H](N)CCCCCC(=O)COCCOCCNC(=O)CC[C@H](NC(=O)CCCCCCCCCCCCCCCS(=O)(=O)O)C(=O)O)C(=O)CN(C)[C@@H](CCCCC(=N)N)C(=O)C[C@@H](Cc1ccc(O)cc1)C(N)=O. The number of ether oxygens (including phenoxy) is 2. The molecule has 0 spiro atoms. The summed E-state index contributed by atoms with van der Waals surface area (Å²) in [6.45, 7) is 4.64. The number of likely N-dealkylation sites (N-methyl/N-ethyl adjacent to an activating group) is 1. The number of nitrogens with zero attached hydrogens (tertiary/aromatic N) is 1. The maximum absolute atomic E-state index is 14.0. The molecule has 0 aliphatic rings. The van der Waals surface area contributed by atoms with Crippen molar-refractivity contribution in [1.29, 1.82) is 5.41 Å². The van der Waals surface area contributed by atoms with E-state index in [1.54, 1.807) is 24.1 Å². The van der Waals surface area contributed by atoms with Crippen LogP contribution in [-0.4, -0.2) is 176 Å². The van der Waals surface area contributed by atoms with Gasteiger partial charge in [0.15, 0.2) is 17.3 Å². The Morgan fingerprint density at radius 2 is 1.19 bits per heavy atom. The highest BCUT2D eigenvalue weighted by Gasteiger charge is 2.31. The Morgan fingerprint density at radius 1 is 0.615 bits per heavy atom. The minimum Gasteiger partial charge on any atom is -0.508 e. The van der Waals surface area contributed by atoms with Gasteiger partial charge in [0, 0.05) is 57.5 Å². The van der Waals surface area contributed by atoms with Crippen molar-refractivity contribution in [1.82, 2.24) is 26.2 Å². The molecule has 1 rings (SSSR count). The number of ketones is 4. The number of hydrogen-bond acceptors (Lipinski definition) is 18. The van der Waals surface area contributed by atoms with E-state index in [1.807, 2.05) is 13.8 Å². The van der Waals surface area contributed by atoms with Crippen LogP contribution in [0.15, 0.2) is 24.3 Å². The zero-order valence-corrected chi connectivity index (χ0v) is 55.6. The highest BCUT2D eigenvalue weighted by Crippen LogP contribution is 2.21. The van der Waals surface area contributed by atoms with Gasteiger partial charge in [0.1, 0.15) is 24.2 Å². The van der Waals surface area contributed by atoms with Crippen molar-refractivity contribution in [3.63, 3.8) is 0 Å². The Hall–Kier alpha value is -5.77. The minimum atomic E-state index is -3.86. The summed E-state index contributed by atoms with van der Waals surface area (Å²) in [4.78, 5) is 117. The van der Waals surface area contributed by atoms with E-state index in [9.17, 15) is 61.8 Å². The molecule has 0 bridgehead atoms. The number of carboxylic acids is 1. The molecule has 25 nitrogen and oxygen atoms in total. The lowest BCUT2D eigenvalue weighted by molar-refractivity contribution is -0.142. The van der Waals surface area contributed by atoms with E-state index in [0.29, 0.717) is 103 Å². The van der Waals surface area contributed by atoms with Crippen LogP contribution in [0.2, 0.25) is 0 Å². The van der Waals surface area contributed by atoms with Crippen LogP contribution in [-0.2, 0) is 69.2 Å². The molecular weight excluding hydrogens is 1190 g/mol. The molecule has 1 aromatic carbocycles. The van der Waals surface area contributed by atoms with Crippen LogP contribution >= 0.6 is 0 Å². The topological polar surface area (TPSA) is 420 Å². The van der Waals surface area contributed by atoms with E-state index < -0.39 is 52.1 Å². The van der Waals surface area contributed by atoms with Crippen molar-refractivity contribution in [3.8, 4) is 5.75 Å². The molecule has 91 heavy (non-hydrogen) atoms. The number of primary amides is 1. The smallest absolute Gasteiger partial charge is 0.326 e. The molecule has 14 N–H and O–H groups in total. The summed E-state index contributed by atoms with van der Waals surface area (Å²) in [6.07, 6.45) is 18.7. The Bertz CT molecular complexity index is 2420. The first-order valence-corrected chi connectivity index (χ1v) is 34.7. The first-order valence-electron chi connectivity index (χ1n) is 33.1. The van der Waals surface area contributed by atoms with Crippen molar-refractivity contribution in [2.45, 2.75) is 237 Å². The molecule has 0 aromatic heterocycles. The molecule has 520 valence electrons. The molecular formula is C65H113N9O16S. The maximum atomic E-state index is 14.0. The number of hydrogen-bond donors (Lipinski definition) is 11. The standard InChI is InChI=1S/C65H113N9O16S/c1-48(2)42-53(77)45-72-55(59(79)46-74(3)57(27-19-20-28-60(67)68)58(78)44-50(63(69)82)43-49-30-32-51(75)33-31-49)26-21-22-36-71-64(83)54(66)25-17-15-16-24-52(76)47-90-40-39-89-38-37-70-61(80)35-34-56(65(84)85)73-62(81)29-18-13-11-9-7-5-4-6-8-10-12-14-23-41-91(86,87)88/h30-33,48,50,54-57,72,75H,4-29,34-47,66H2,1-3H3,(H3,67,68)(H2,69,82)(H,70,80)(H,71,83)(H,73,81)(H,84,85)(H,86,87,88)/t50-,54+,55+,56+,57+/m1/s1. The van der Waals surface area contributed by atoms with Gasteiger partial charge in [-0.05, 0) is 101 Å². The maximum Gasteiger partial charge on any atom is 0.326 e. The second-order valence-corrected chi connectivity index (χ2v) is 26.1. The molecule has 0 saturated heterocycles. The predicted molar refractivity (Wildman–Crippen MR) is 350 cm³/mol. The Balaban J connectivity index is 2.34. The van der Waals surface area contributed by atoms with Gasteiger partial charge in [-0.2, -0.15) is 8.42 Å². The molecule has 0 unspecified atom stereocenters. The minimum absolute atomic E-state index is 0.0150. The predicted octanol–water partition coefficient (Wildman–Crippen LogP) is 5.92. The van der Waals surface area contributed by atoms with E-state index in [4.69, 9.17) is 36.6 Å². The lowest BCUT2D eigenvalue weighted by Crippen LogP contribution is -2.48. The van der Waals surface area contributed by atoms with Crippen molar-refractivity contribution in [2.24, 2.45) is 29.0 Å². The normalized spacial score (nSPS) is 13.3. The van der Waals surface area contributed by atoms with E-state index in [0.717, 1.165) is 76.2 Å². The molecule has 0 fully saturated rings.